The molecule has 38 heavy (non-hydrogen) atoms. The normalized spacial score (nSPS) is 11.8. The molecule has 4 rings (SSSR count). The summed E-state index contributed by atoms with van der Waals surface area (Å²) in [6.45, 7) is 0.412. The number of benzene rings is 3. The Hall–Kier alpha value is -4.51. The van der Waals surface area contributed by atoms with Gasteiger partial charge >= 0.3 is 0 Å². The lowest BCUT2D eigenvalue weighted by Crippen LogP contribution is -2.33. The predicted molar refractivity (Wildman–Crippen MR) is 150 cm³/mol. The van der Waals surface area contributed by atoms with Gasteiger partial charge in [0.15, 0.2) is 12.4 Å². The quantitative estimate of drug-likeness (QED) is 0.111. The Morgan fingerprint density at radius 3 is 1.92 bits per heavy atom. The zero-order chi connectivity index (χ0) is 26.8. The van der Waals surface area contributed by atoms with Gasteiger partial charge in [0, 0.05) is 46.9 Å². The summed E-state index contributed by atoms with van der Waals surface area (Å²) in [5.41, 5.74) is 5.44. The van der Waals surface area contributed by atoms with Crippen molar-refractivity contribution in [2.24, 2.45) is 0 Å². The van der Waals surface area contributed by atoms with Crippen LogP contribution in [0.3, 0.4) is 0 Å². The second kappa shape index (κ2) is 12.6. The molecule has 0 unspecified atom stereocenters. The van der Waals surface area contributed by atoms with Crippen LogP contribution in [-0.4, -0.2) is 18.7 Å². The van der Waals surface area contributed by atoms with Gasteiger partial charge in [-0.1, -0.05) is 60.7 Å². The van der Waals surface area contributed by atoms with Crippen LogP contribution in [0.2, 0.25) is 0 Å². The third kappa shape index (κ3) is 7.50. The number of para-hydroxylation sites is 2. The van der Waals surface area contributed by atoms with E-state index in [1.54, 1.807) is 35.2 Å². The minimum Gasteiger partial charge on any atom is -0.748 e. The van der Waals surface area contributed by atoms with Crippen molar-refractivity contribution in [2.45, 2.75) is 13.0 Å². The number of nitrogens with zero attached hydrogens (tertiary/aromatic N) is 3. The summed E-state index contributed by atoms with van der Waals surface area (Å²) in [6, 6.07) is 34.5. The highest BCUT2D eigenvalue weighted by molar-refractivity contribution is 7.85. The third-order valence-corrected chi connectivity index (χ3v) is 6.65. The Morgan fingerprint density at radius 1 is 0.842 bits per heavy atom. The monoisotopic (exact) mass is 521 g/mol. The van der Waals surface area contributed by atoms with E-state index >= 15 is 0 Å². The summed E-state index contributed by atoms with van der Waals surface area (Å²) < 4.78 is 34.0. The number of rotatable bonds is 10. The largest absolute Gasteiger partial charge is 0.748 e. The van der Waals surface area contributed by atoms with Crippen molar-refractivity contribution in [1.82, 2.24) is 0 Å². The summed E-state index contributed by atoms with van der Waals surface area (Å²) >= 11 is 0. The number of hydrogen-bond acceptors (Lipinski definition) is 5. The first-order valence-electron chi connectivity index (χ1n) is 12.1. The maximum Gasteiger partial charge on any atom is 0.169 e. The van der Waals surface area contributed by atoms with Crippen LogP contribution >= 0.6 is 0 Å². The molecule has 190 valence electrons. The van der Waals surface area contributed by atoms with Gasteiger partial charge in [-0.25, -0.2) is 13.0 Å². The fourth-order valence-electron chi connectivity index (χ4n) is 4.00. The lowest BCUT2D eigenvalue weighted by atomic mass is 10.1. The first kappa shape index (κ1) is 26.6. The summed E-state index contributed by atoms with van der Waals surface area (Å²) in [6.07, 6.45) is 9.34. The van der Waals surface area contributed by atoms with E-state index in [0.717, 1.165) is 28.2 Å². The molecule has 0 amide bonds. The second-order valence-electron chi connectivity index (χ2n) is 8.59. The highest BCUT2D eigenvalue weighted by Crippen LogP contribution is 2.34. The van der Waals surface area contributed by atoms with Gasteiger partial charge in [0.05, 0.1) is 21.8 Å². The Bertz CT molecular complexity index is 1500. The smallest absolute Gasteiger partial charge is 0.169 e. The van der Waals surface area contributed by atoms with E-state index in [1.165, 1.54) is 0 Å². The molecule has 0 spiro atoms. The van der Waals surface area contributed by atoms with Crippen molar-refractivity contribution in [3.8, 4) is 6.07 Å². The Kier molecular flexibility index (Phi) is 8.83. The predicted octanol–water partition coefficient (Wildman–Crippen LogP) is 6.00. The molecule has 7 heteroatoms. The van der Waals surface area contributed by atoms with E-state index in [0.29, 0.717) is 12.1 Å². The highest BCUT2D eigenvalue weighted by Gasteiger charge is 2.11. The highest BCUT2D eigenvalue weighted by atomic mass is 32.2. The Morgan fingerprint density at radius 2 is 1.39 bits per heavy atom. The van der Waals surface area contributed by atoms with Crippen LogP contribution in [0.1, 0.15) is 17.5 Å². The Labute approximate surface area is 223 Å². The molecule has 0 saturated heterocycles. The van der Waals surface area contributed by atoms with Gasteiger partial charge in [0.25, 0.3) is 0 Å². The molecule has 1 aromatic heterocycles. The van der Waals surface area contributed by atoms with Gasteiger partial charge in [0.2, 0.25) is 0 Å². The van der Waals surface area contributed by atoms with Gasteiger partial charge in [-0.15, -0.1) is 0 Å². The topological polar surface area (TPSA) is 88.1 Å². The summed E-state index contributed by atoms with van der Waals surface area (Å²) in [5.74, 6) is -0.395. The fraction of sp³-hybridized carbons (Fsp3) is 0.0968. The molecule has 0 radical (unpaired) electrons. The second-order valence-corrected chi connectivity index (χ2v) is 10.1. The van der Waals surface area contributed by atoms with Gasteiger partial charge in [0.1, 0.15) is 6.54 Å². The number of hydrogen-bond donors (Lipinski definition) is 0. The van der Waals surface area contributed by atoms with Crippen LogP contribution in [-0.2, 0) is 16.7 Å². The summed E-state index contributed by atoms with van der Waals surface area (Å²) in [4.78, 5) is 2.20. The number of pyridine rings is 1. The summed E-state index contributed by atoms with van der Waals surface area (Å²) in [7, 11) is -4.21. The van der Waals surface area contributed by atoms with Crippen molar-refractivity contribution in [2.75, 3.05) is 10.7 Å². The van der Waals surface area contributed by atoms with Crippen LogP contribution in [0.15, 0.2) is 122 Å². The molecule has 0 bridgehead atoms. The SMILES string of the molecule is N#C/C(=C\C=C\c1ccc(N(c2ccccc2)c2ccccc2)cc1)c1cc[n+](CCCS(=O)(=O)[O-])cc1. The molecule has 0 aliphatic heterocycles. The van der Waals surface area contributed by atoms with Crippen molar-refractivity contribution in [3.63, 3.8) is 0 Å². The van der Waals surface area contributed by atoms with E-state index in [4.69, 9.17) is 0 Å². The summed E-state index contributed by atoms with van der Waals surface area (Å²) in [5, 5.41) is 9.62. The molecule has 0 N–H and O–H groups in total. The first-order chi connectivity index (χ1) is 18.4. The van der Waals surface area contributed by atoms with Crippen molar-refractivity contribution in [3.05, 3.63) is 133 Å². The van der Waals surface area contributed by atoms with Crippen molar-refractivity contribution >= 4 is 38.8 Å². The molecule has 0 fully saturated rings. The van der Waals surface area contributed by atoms with E-state index in [1.807, 2.05) is 60.7 Å². The zero-order valence-electron chi connectivity index (χ0n) is 20.7. The number of aryl methyl sites for hydroxylation is 1. The molecule has 0 aliphatic rings. The van der Waals surface area contributed by atoms with E-state index in [-0.39, 0.29) is 6.42 Å². The van der Waals surface area contributed by atoms with Crippen molar-refractivity contribution in [1.29, 1.82) is 5.26 Å². The average Bonchev–Trinajstić information content (AvgIpc) is 2.93. The van der Waals surface area contributed by atoms with E-state index < -0.39 is 15.9 Å². The Balaban J connectivity index is 1.46. The molecule has 6 nitrogen and oxygen atoms in total. The molecule has 3 aromatic carbocycles. The molecular weight excluding hydrogens is 494 g/mol. The van der Waals surface area contributed by atoms with Crippen LogP contribution in [0, 0.1) is 11.3 Å². The molecule has 1 heterocycles. The van der Waals surface area contributed by atoms with Gasteiger partial charge in [-0.2, -0.15) is 5.26 Å². The fourth-order valence-corrected chi connectivity index (χ4v) is 4.48. The molecule has 0 aliphatic carbocycles. The first-order valence-corrected chi connectivity index (χ1v) is 13.7. The standard InChI is InChI=1S/C31H27N3O3S/c32-25-28(27-19-22-33(23-20-27)21-8-24-38(35,36)37)10-7-9-26-15-17-31(18-16-26)34(29-11-3-1-4-12-29)30-13-5-2-6-14-30/h1-7,9-20,22-23H,8,21,24H2. The molecule has 0 atom stereocenters. The van der Waals surface area contributed by atoms with Crippen LogP contribution in [0.25, 0.3) is 11.6 Å². The van der Waals surface area contributed by atoms with Crippen molar-refractivity contribution < 1.29 is 17.5 Å². The number of allylic oxidation sites excluding steroid dienone is 3. The molecule has 4 aromatic rings. The molecular formula is C31H27N3O3S. The van der Waals surface area contributed by atoms with E-state index in [9.17, 15) is 18.2 Å². The van der Waals surface area contributed by atoms with Gasteiger partial charge in [-0.3, -0.25) is 0 Å². The van der Waals surface area contributed by atoms with Crippen LogP contribution in [0.5, 0.6) is 0 Å². The van der Waals surface area contributed by atoms with E-state index in [2.05, 4.69) is 47.4 Å². The number of aromatic nitrogens is 1. The minimum absolute atomic E-state index is 0.243. The maximum atomic E-state index is 10.8. The van der Waals surface area contributed by atoms with Crippen LogP contribution < -0.4 is 9.47 Å². The minimum atomic E-state index is -4.21. The lowest BCUT2D eigenvalue weighted by molar-refractivity contribution is -0.696. The van der Waals surface area contributed by atoms with Gasteiger partial charge < -0.3 is 9.45 Å². The number of nitriles is 1. The van der Waals surface area contributed by atoms with Gasteiger partial charge in [-0.05, 0) is 48.0 Å². The maximum absolute atomic E-state index is 10.8. The lowest BCUT2D eigenvalue weighted by Gasteiger charge is -2.25. The number of anilines is 3. The average molecular weight is 522 g/mol. The third-order valence-electron chi connectivity index (χ3n) is 5.86. The van der Waals surface area contributed by atoms with Crippen LogP contribution in [0.4, 0.5) is 17.1 Å². The zero-order valence-corrected chi connectivity index (χ0v) is 21.5. The molecule has 0 saturated carbocycles.